The molecule has 0 bridgehead atoms. The number of carboxylic acids is 1. The van der Waals surface area contributed by atoms with Crippen molar-refractivity contribution in [3.63, 3.8) is 0 Å². The van der Waals surface area contributed by atoms with Crippen molar-refractivity contribution in [1.29, 1.82) is 0 Å². The zero-order valence-electron chi connectivity index (χ0n) is 7.58. The van der Waals surface area contributed by atoms with Crippen LogP contribution in [0.3, 0.4) is 0 Å². The minimum atomic E-state index is -0.692. The van der Waals surface area contributed by atoms with Gasteiger partial charge >= 0.3 is 5.97 Å². The molecule has 1 aliphatic carbocycles. The number of rotatable bonds is 1. The maximum atomic E-state index is 10.8. The smallest absolute Gasteiger partial charge is 0.310 e. The van der Waals surface area contributed by atoms with Crippen molar-refractivity contribution < 1.29 is 9.90 Å². The van der Waals surface area contributed by atoms with Gasteiger partial charge in [-0.2, -0.15) is 0 Å². The monoisotopic (exact) mass is 176 g/mol. The van der Waals surface area contributed by atoms with Crippen molar-refractivity contribution in [2.45, 2.75) is 25.7 Å². The summed E-state index contributed by atoms with van der Waals surface area (Å²) in [5, 5.41) is 8.93. The van der Waals surface area contributed by atoms with Gasteiger partial charge in [0.1, 0.15) is 0 Å². The second-order valence-corrected chi connectivity index (χ2v) is 3.63. The first kappa shape index (κ1) is 8.30. The standard InChI is InChI=1S/C11H12O2/c1-7-2-4-9-8(6-7)3-5-10(9)11(12)13/h2,4,6,10H,3,5H2,1H3,(H,12,13). The predicted molar refractivity (Wildman–Crippen MR) is 49.9 cm³/mol. The molecule has 1 unspecified atom stereocenters. The fourth-order valence-electron chi connectivity index (χ4n) is 2.00. The molecular formula is C11H12O2. The number of carbonyl (C=O) groups is 1. The molecule has 0 saturated heterocycles. The SMILES string of the molecule is Cc1ccc2c(c1)CCC2C(=O)O. The summed E-state index contributed by atoms with van der Waals surface area (Å²) in [6.45, 7) is 2.04. The molecule has 1 aromatic rings. The van der Waals surface area contributed by atoms with Crippen LogP contribution in [0.15, 0.2) is 18.2 Å². The Hall–Kier alpha value is -1.31. The van der Waals surface area contributed by atoms with Gasteiger partial charge in [0, 0.05) is 0 Å². The fourth-order valence-corrected chi connectivity index (χ4v) is 2.00. The Balaban J connectivity index is 2.44. The lowest BCUT2D eigenvalue weighted by atomic mass is 10.0. The number of benzene rings is 1. The summed E-state index contributed by atoms with van der Waals surface area (Å²) < 4.78 is 0. The van der Waals surface area contributed by atoms with Gasteiger partial charge in [-0.25, -0.2) is 0 Å². The molecule has 0 saturated carbocycles. The van der Waals surface area contributed by atoms with E-state index < -0.39 is 5.97 Å². The topological polar surface area (TPSA) is 37.3 Å². The van der Waals surface area contributed by atoms with Crippen molar-refractivity contribution in [1.82, 2.24) is 0 Å². The van der Waals surface area contributed by atoms with Gasteiger partial charge in [0.2, 0.25) is 0 Å². The van der Waals surface area contributed by atoms with Crippen LogP contribution in [0.2, 0.25) is 0 Å². The van der Waals surface area contributed by atoms with E-state index in [9.17, 15) is 4.79 Å². The van der Waals surface area contributed by atoms with E-state index in [1.807, 2.05) is 19.1 Å². The van der Waals surface area contributed by atoms with Crippen LogP contribution in [0.4, 0.5) is 0 Å². The minimum Gasteiger partial charge on any atom is -0.481 e. The van der Waals surface area contributed by atoms with Gasteiger partial charge in [-0.15, -0.1) is 0 Å². The molecule has 1 aliphatic rings. The predicted octanol–water partition coefficient (Wildman–Crippen LogP) is 2.11. The van der Waals surface area contributed by atoms with Crippen molar-refractivity contribution in [2.24, 2.45) is 0 Å². The highest BCUT2D eigenvalue weighted by Crippen LogP contribution is 2.33. The molecule has 2 rings (SSSR count). The summed E-state index contributed by atoms with van der Waals surface area (Å²) in [6.07, 6.45) is 1.67. The van der Waals surface area contributed by atoms with Gasteiger partial charge < -0.3 is 5.11 Å². The van der Waals surface area contributed by atoms with E-state index in [0.29, 0.717) is 0 Å². The number of aliphatic carboxylic acids is 1. The van der Waals surface area contributed by atoms with Crippen LogP contribution < -0.4 is 0 Å². The highest BCUT2D eigenvalue weighted by atomic mass is 16.4. The molecule has 2 nitrogen and oxygen atoms in total. The average molecular weight is 176 g/mol. The molecular weight excluding hydrogens is 164 g/mol. The van der Waals surface area contributed by atoms with Gasteiger partial charge in [0.15, 0.2) is 0 Å². The molecule has 1 N–H and O–H groups in total. The lowest BCUT2D eigenvalue weighted by Crippen LogP contribution is -2.07. The van der Waals surface area contributed by atoms with Crippen molar-refractivity contribution in [3.05, 3.63) is 34.9 Å². The van der Waals surface area contributed by atoms with Gasteiger partial charge in [-0.05, 0) is 30.9 Å². The summed E-state index contributed by atoms with van der Waals surface area (Å²) in [6, 6.07) is 6.04. The van der Waals surface area contributed by atoms with E-state index in [0.717, 1.165) is 18.4 Å². The Morgan fingerprint density at radius 1 is 1.54 bits per heavy atom. The maximum Gasteiger partial charge on any atom is 0.310 e. The molecule has 0 fully saturated rings. The van der Waals surface area contributed by atoms with Gasteiger partial charge in [0.05, 0.1) is 5.92 Å². The molecule has 0 heterocycles. The van der Waals surface area contributed by atoms with E-state index in [1.54, 1.807) is 0 Å². The maximum absolute atomic E-state index is 10.8. The number of carboxylic acid groups (broad SMARTS) is 1. The van der Waals surface area contributed by atoms with Gasteiger partial charge in [-0.3, -0.25) is 4.79 Å². The summed E-state index contributed by atoms with van der Waals surface area (Å²) in [7, 11) is 0. The summed E-state index contributed by atoms with van der Waals surface area (Å²) in [5.74, 6) is -0.960. The van der Waals surface area contributed by atoms with E-state index in [1.165, 1.54) is 11.1 Å². The molecule has 13 heavy (non-hydrogen) atoms. The van der Waals surface area contributed by atoms with Crippen LogP contribution in [-0.4, -0.2) is 11.1 Å². The van der Waals surface area contributed by atoms with Crippen LogP contribution in [-0.2, 0) is 11.2 Å². The summed E-state index contributed by atoms with van der Waals surface area (Å²) in [4.78, 5) is 10.8. The number of hydrogen-bond acceptors (Lipinski definition) is 1. The van der Waals surface area contributed by atoms with E-state index in [2.05, 4.69) is 6.07 Å². The van der Waals surface area contributed by atoms with Gasteiger partial charge in [-0.1, -0.05) is 23.8 Å². The van der Waals surface area contributed by atoms with Crippen molar-refractivity contribution in [2.75, 3.05) is 0 Å². The Bertz CT molecular complexity index is 355. The van der Waals surface area contributed by atoms with Crippen molar-refractivity contribution >= 4 is 5.97 Å². The van der Waals surface area contributed by atoms with Crippen LogP contribution in [0.5, 0.6) is 0 Å². The van der Waals surface area contributed by atoms with Gasteiger partial charge in [0.25, 0.3) is 0 Å². The minimum absolute atomic E-state index is 0.268. The Kier molecular flexibility index (Phi) is 1.83. The lowest BCUT2D eigenvalue weighted by Gasteiger charge is -2.05. The molecule has 0 aliphatic heterocycles. The second-order valence-electron chi connectivity index (χ2n) is 3.63. The number of aryl methyl sites for hydroxylation is 2. The molecule has 2 heteroatoms. The first-order valence-electron chi connectivity index (χ1n) is 4.50. The molecule has 68 valence electrons. The molecule has 0 aromatic heterocycles. The van der Waals surface area contributed by atoms with E-state index in [-0.39, 0.29) is 5.92 Å². The van der Waals surface area contributed by atoms with Crippen LogP contribution in [0.1, 0.15) is 29.0 Å². The van der Waals surface area contributed by atoms with E-state index in [4.69, 9.17) is 5.11 Å². The Morgan fingerprint density at radius 2 is 2.31 bits per heavy atom. The molecule has 1 atom stereocenters. The molecule has 1 aromatic carbocycles. The summed E-state index contributed by atoms with van der Waals surface area (Å²) in [5.41, 5.74) is 3.44. The molecule has 0 radical (unpaired) electrons. The highest BCUT2D eigenvalue weighted by molar-refractivity contribution is 5.77. The fraction of sp³-hybridized carbons (Fsp3) is 0.364. The number of fused-ring (bicyclic) bond motifs is 1. The molecule has 0 spiro atoms. The third kappa shape index (κ3) is 1.32. The highest BCUT2D eigenvalue weighted by Gasteiger charge is 2.27. The quantitative estimate of drug-likeness (QED) is 0.711. The Labute approximate surface area is 77.2 Å². The molecule has 0 amide bonds. The first-order valence-corrected chi connectivity index (χ1v) is 4.50. The zero-order valence-corrected chi connectivity index (χ0v) is 7.58. The Morgan fingerprint density at radius 3 is 3.00 bits per heavy atom. The summed E-state index contributed by atoms with van der Waals surface area (Å²) >= 11 is 0. The number of hydrogen-bond donors (Lipinski definition) is 1. The largest absolute Gasteiger partial charge is 0.481 e. The zero-order chi connectivity index (χ0) is 9.42. The average Bonchev–Trinajstić information content (AvgIpc) is 2.46. The lowest BCUT2D eigenvalue weighted by molar-refractivity contribution is -0.138. The van der Waals surface area contributed by atoms with Crippen LogP contribution in [0.25, 0.3) is 0 Å². The second kappa shape index (κ2) is 2.87. The first-order chi connectivity index (χ1) is 6.18. The van der Waals surface area contributed by atoms with Crippen LogP contribution >= 0.6 is 0 Å². The van der Waals surface area contributed by atoms with E-state index >= 15 is 0 Å². The third-order valence-corrected chi connectivity index (χ3v) is 2.67. The normalized spacial score (nSPS) is 19.9. The third-order valence-electron chi connectivity index (χ3n) is 2.67. The van der Waals surface area contributed by atoms with Crippen molar-refractivity contribution in [3.8, 4) is 0 Å². The van der Waals surface area contributed by atoms with Crippen LogP contribution in [0, 0.1) is 6.92 Å².